The molecule has 0 amide bonds. The first-order valence-electron chi connectivity index (χ1n) is 22.0. The van der Waals surface area contributed by atoms with Crippen molar-refractivity contribution in [1.82, 2.24) is 14.1 Å². The van der Waals surface area contributed by atoms with Crippen LogP contribution >= 0.6 is 0 Å². The molecule has 0 aliphatic heterocycles. The molecule has 4 heteroatoms. The fourth-order valence-corrected chi connectivity index (χ4v) is 10.6. The normalized spacial score (nSPS) is 11.6. The van der Waals surface area contributed by atoms with Crippen molar-refractivity contribution in [1.29, 1.82) is 5.26 Å². The van der Waals surface area contributed by atoms with Crippen LogP contribution < -0.4 is 0 Å². The summed E-state index contributed by atoms with van der Waals surface area (Å²) in [6.45, 7) is 13.1. The van der Waals surface area contributed by atoms with Gasteiger partial charge in [-0.25, -0.2) is 4.98 Å². The summed E-state index contributed by atoms with van der Waals surface area (Å²) in [6, 6.07) is 63.5. The number of aryl methyl sites for hydroxylation is 6. The maximum absolute atomic E-state index is 11.6. The quantitative estimate of drug-likeness (QED) is 0.168. The number of benzene rings is 8. The highest BCUT2D eigenvalue weighted by molar-refractivity contribution is 6.12. The minimum absolute atomic E-state index is 0.580. The fraction of sp³-hybridized carbons (Fsp3) is 0.100. The number of para-hydroxylation sites is 2. The van der Waals surface area contributed by atoms with Gasteiger partial charge < -0.3 is 9.13 Å². The lowest BCUT2D eigenvalue weighted by Gasteiger charge is -2.19. The zero-order valence-corrected chi connectivity index (χ0v) is 37.0. The van der Waals surface area contributed by atoms with Crippen molar-refractivity contribution in [3.8, 4) is 62.2 Å². The molecule has 0 N–H and O–H groups in total. The van der Waals surface area contributed by atoms with Crippen molar-refractivity contribution < 1.29 is 0 Å². The molecule has 3 heterocycles. The van der Waals surface area contributed by atoms with E-state index in [1.54, 1.807) is 0 Å². The van der Waals surface area contributed by atoms with E-state index < -0.39 is 0 Å². The van der Waals surface area contributed by atoms with E-state index in [9.17, 15) is 5.26 Å². The van der Waals surface area contributed by atoms with Crippen LogP contribution in [-0.4, -0.2) is 14.1 Å². The molecule has 306 valence electrons. The molecule has 0 fully saturated rings. The van der Waals surface area contributed by atoms with Crippen LogP contribution in [0.4, 0.5) is 0 Å². The second-order valence-corrected chi connectivity index (χ2v) is 17.5. The maximum atomic E-state index is 11.6. The van der Waals surface area contributed by atoms with Crippen LogP contribution in [0.25, 0.3) is 99.8 Å². The Kier molecular flexibility index (Phi) is 9.19. The summed E-state index contributed by atoms with van der Waals surface area (Å²) >= 11 is 0. The predicted octanol–water partition coefficient (Wildman–Crippen LogP) is 15.7. The van der Waals surface area contributed by atoms with E-state index in [4.69, 9.17) is 4.98 Å². The summed E-state index contributed by atoms with van der Waals surface area (Å²) in [7, 11) is 0. The van der Waals surface area contributed by atoms with E-state index in [2.05, 4.69) is 208 Å². The number of aromatic nitrogens is 3. The largest absolute Gasteiger partial charge is 0.308 e. The average molecular weight is 823 g/mol. The molecule has 64 heavy (non-hydrogen) atoms. The van der Waals surface area contributed by atoms with Crippen LogP contribution in [0.3, 0.4) is 0 Å². The molecule has 0 spiro atoms. The Labute approximate surface area is 374 Å². The molecule has 0 radical (unpaired) electrons. The monoisotopic (exact) mass is 822 g/mol. The summed E-state index contributed by atoms with van der Waals surface area (Å²) in [5.74, 6) is 0. The van der Waals surface area contributed by atoms with Gasteiger partial charge in [0, 0.05) is 32.7 Å². The lowest BCUT2D eigenvalue weighted by atomic mass is 9.93. The Balaban J connectivity index is 1.22. The van der Waals surface area contributed by atoms with Crippen LogP contribution in [0.5, 0.6) is 0 Å². The number of nitriles is 1. The van der Waals surface area contributed by atoms with E-state index in [-0.39, 0.29) is 0 Å². The number of hydrogen-bond acceptors (Lipinski definition) is 2. The standard InChI is InChI=1S/C60H46N4/c1-36-27-38(3)59(39(4)28-36)43-23-25-55-48(31-43)46-17-10-12-21-53(46)63(55)57-33-45(52-20-14-19-51(62-52)42-15-8-7-9-16-42)34-58(50(57)35-61)64-54-22-13-11-18-47(54)49-32-44(24-26-56(49)64)60-40(5)29-37(2)30-41(60)6/h7-34H,1-6H3. The molecule has 0 atom stereocenters. The average Bonchev–Trinajstić information content (AvgIpc) is 3.80. The molecule has 0 bridgehead atoms. The molecule has 0 aliphatic rings. The van der Waals surface area contributed by atoms with Crippen molar-refractivity contribution in [3.63, 3.8) is 0 Å². The maximum Gasteiger partial charge on any atom is 0.104 e. The van der Waals surface area contributed by atoms with Gasteiger partial charge in [0.1, 0.15) is 11.6 Å². The Bertz CT molecular complexity index is 3500. The SMILES string of the molecule is Cc1cc(C)c(-c2ccc3c(c2)c2ccccc2n3-c2cc(-c3cccc(-c4ccccc4)n3)cc(-n3c4ccccc4c4cc(-c5c(C)cc(C)cc5C)ccc43)c2C#N)c(C)c1. The van der Waals surface area contributed by atoms with Gasteiger partial charge in [-0.05, 0) is 147 Å². The van der Waals surface area contributed by atoms with Gasteiger partial charge >= 0.3 is 0 Å². The third-order valence-electron chi connectivity index (χ3n) is 13.1. The van der Waals surface area contributed by atoms with E-state index in [1.807, 2.05) is 18.2 Å². The van der Waals surface area contributed by atoms with Gasteiger partial charge in [-0.1, -0.05) is 120 Å². The summed E-state index contributed by atoms with van der Waals surface area (Å²) in [6.07, 6.45) is 0. The molecule has 4 nitrogen and oxygen atoms in total. The molecule has 0 saturated heterocycles. The van der Waals surface area contributed by atoms with Crippen molar-refractivity contribution in [3.05, 3.63) is 209 Å². The first-order valence-corrected chi connectivity index (χ1v) is 22.0. The first-order chi connectivity index (χ1) is 31.2. The Morgan fingerprint density at radius 2 is 0.797 bits per heavy atom. The zero-order valence-electron chi connectivity index (χ0n) is 37.0. The summed E-state index contributed by atoms with van der Waals surface area (Å²) in [4.78, 5) is 5.30. The summed E-state index contributed by atoms with van der Waals surface area (Å²) < 4.78 is 4.59. The summed E-state index contributed by atoms with van der Waals surface area (Å²) in [5.41, 5.74) is 22.5. The van der Waals surface area contributed by atoms with Crippen LogP contribution in [0, 0.1) is 52.9 Å². The highest BCUT2D eigenvalue weighted by Crippen LogP contribution is 2.43. The van der Waals surface area contributed by atoms with Crippen molar-refractivity contribution >= 4 is 43.6 Å². The number of pyridine rings is 1. The Hall–Kier alpha value is -8.00. The van der Waals surface area contributed by atoms with Crippen LogP contribution in [-0.2, 0) is 0 Å². The first kappa shape index (κ1) is 38.9. The second kappa shape index (κ2) is 15.1. The fourth-order valence-electron chi connectivity index (χ4n) is 10.6. The van der Waals surface area contributed by atoms with Crippen molar-refractivity contribution in [2.75, 3.05) is 0 Å². The molecule has 11 rings (SSSR count). The third kappa shape index (κ3) is 6.23. The number of nitrogens with zero attached hydrogens (tertiary/aromatic N) is 4. The predicted molar refractivity (Wildman–Crippen MR) is 268 cm³/mol. The summed E-state index contributed by atoms with van der Waals surface area (Å²) in [5, 5.41) is 16.1. The van der Waals surface area contributed by atoms with Gasteiger partial charge in [-0.15, -0.1) is 0 Å². The lowest BCUT2D eigenvalue weighted by molar-refractivity contribution is 1.12. The molecular weight excluding hydrogens is 777 g/mol. The second-order valence-electron chi connectivity index (χ2n) is 17.5. The van der Waals surface area contributed by atoms with Crippen LogP contribution in [0.1, 0.15) is 38.9 Å². The van der Waals surface area contributed by atoms with E-state index in [1.165, 1.54) is 55.6 Å². The number of hydrogen-bond donors (Lipinski definition) is 0. The highest BCUT2D eigenvalue weighted by Gasteiger charge is 2.24. The zero-order chi connectivity index (χ0) is 43.8. The van der Waals surface area contributed by atoms with Gasteiger partial charge in [0.2, 0.25) is 0 Å². The van der Waals surface area contributed by atoms with Crippen LogP contribution in [0.2, 0.25) is 0 Å². The molecular formula is C60H46N4. The Morgan fingerprint density at radius 1 is 0.375 bits per heavy atom. The van der Waals surface area contributed by atoms with Crippen molar-refractivity contribution in [2.24, 2.45) is 0 Å². The number of fused-ring (bicyclic) bond motifs is 6. The van der Waals surface area contributed by atoms with E-state index in [0.717, 1.165) is 77.5 Å². The minimum Gasteiger partial charge on any atom is -0.308 e. The molecule has 0 unspecified atom stereocenters. The third-order valence-corrected chi connectivity index (χ3v) is 13.1. The van der Waals surface area contributed by atoms with Gasteiger partial charge in [0.25, 0.3) is 0 Å². The lowest BCUT2D eigenvalue weighted by Crippen LogP contribution is -2.05. The van der Waals surface area contributed by atoms with E-state index in [0.29, 0.717) is 5.56 Å². The van der Waals surface area contributed by atoms with E-state index >= 15 is 0 Å². The topological polar surface area (TPSA) is 46.5 Å². The molecule has 8 aromatic carbocycles. The van der Waals surface area contributed by atoms with Crippen LogP contribution in [0.15, 0.2) is 170 Å². The molecule has 3 aromatic heterocycles. The van der Waals surface area contributed by atoms with Gasteiger partial charge in [0.15, 0.2) is 0 Å². The van der Waals surface area contributed by atoms with Gasteiger partial charge in [-0.2, -0.15) is 5.26 Å². The Morgan fingerprint density at radius 3 is 1.27 bits per heavy atom. The molecule has 11 aromatic rings. The molecule has 0 saturated carbocycles. The highest BCUT2D eigenvalue weighted by atomic mass is 15.0. The number of rotatable bonds is 6. The molecule has 0 aliphatic carbocycles. The van der Waals surface area contributed by atoms with Gasteiger partial charge in [-0.3, -0.25) is 0 Å². The smallest absolute Gasteiger partial charge is 0.104 e. The van der Waals surface area contributed by atoms with Gasteiger partial charge in [0.05, 0.1) is 44.8 Å². The minimum atomic E-state index is 0.580. The van der Waals surface area contributed by atoms with Crippen molar-refractivity contribution in [2.45, 2.75) is 41.5 Å².